The Kier molecular flexibility index (Phi) is 5.90. The van der Waals surface area contributed by atoms with Gasteiger partial charge in [0, 0.05) is 5.92 Å². The van der Waals surface area contributed by atoms with Crippen molar-refractivity contribution in [3.8, 4) is 11.5 Å². The number of carbonyl (C=O) groups is 2. The molecule has 0 saturated heterocycles. The number of halogens is 1. The van der Waals surface area contributed by atoms with Crippen molar-refractivity contribution < 1.29 is 23.5 Å². The zero-order valence-corrected chi connectivity index (χ0v) is 14.9. The number of ether oxygens (including phenoxy) is 2. The predicted molar refractivity (Wildman–Crippen MR) is 96.6 cm³/mol. The van der Waals surface area contributed by atoms with Crippen molar-refractivity contribution in [3.05, 3.63) is 59.9 Å². The molecular weight excluding hydrogens is 351 g/mol. The molecule has 2 atom stereocenters. The summed E-state index contributed by atoms with van der Waals surface area (Å²) in [6.45, 7) is 2.09. The fourth-order valence-electron chi connectivity index (χ4n) is 2.81. The molecule has 1 aliphatic rings. The second kappa shape index (κ2) is 8.53. The fraction of sp³-hybridized carbons (Fsp3) is 0.300. The molecule has 1 aliphatic carbocycles. The number of hydrazine groups is 1. The summed E-state index contributed by atoms with van der Waals surface area (Å²) in [7, 11) is 0. The van der Waals surface area contributed by atoms with Crippen molar-refractivity contribution in [2.24, 2.45) is 5.92 Å². The molecule has 0 spiro atoms. The van der Waals surface area contributed by atoms with E-state index in [-0.39, 0.29) is 30.2 Å². The zero-order chi connectivity index (χ0) is 19.2. The Morgan fingerprint density at radius 3 is 2.37 bits per heavy atom. The minimum atomic E-state index is -0.478. The van der Waals surface area contributed by atoms with Gasteiger partial charge in [0.25, 0.3) is 5.91 Å². The molecule has 7 heteroatoms. The molecule has 142 valence electrons. The SMILES string of the molecule is CCOc1ccccc1OCC(=O)NNC(=O)C1CC1c1ccc(F)cc1. The summed E-state index contributed by atoms with van der Waals surface area (Å²) in [4.78, 5) is 24.0. The highest BCUT2D eigenvalue weighted by molar-refractivity contribution is 5.86. The van der Waals surface area contributed by atoms with Gasteiger partial charge >= 0.3 is 0 Å². The van der Waals surface area contributed by atoms with E-state index in [2.05, 4.69) is 10.9 Å². The zero-order valence-electron chi connectivity index (χ0n) is 14.9. The third kappa shape index (κ3) is 4.97. The lowest BCUT2D eigenvalue weighted by atomic mass is 10.1. The van der Waals surface area contributed by atoms with Crippen LogP contribution in [0.2, 0.25) is 0 Å². The van der Waals surface area contributed by atoms with Crippen molar-refractivity contribution in [2.45, 2.75) is 19.3 Å². The van der Waals surface area contributed by atoms with Crippen molar-refractivity contribution in [2.75, 3.05) is 13.2 Å². The van der Waals surface area contributed by atoms with E-state index in [0.717, 1.165) is 5.56 Å². The summed E-state index contributed by atoms with van der Waals surface area (Å²) in [5.74, 6) is -0.219. The van der Waals surface area contributed by atoms with Crippen LogP contribution in [0.25, 0.3) is 0 Å². The van der Waals surface area contributed by atoms with E-state index >= 15 is 0 Å². The van der Waals surface area contributed by atoms with Gasteiger partial charge in [-0.15, -0.1) is 0 Å². The van der Waals surface area contributed by atoms with Crippen LogP contribution in [0.4, 0.5) is 4.39 Å². The molecule has 0 radical (unpaired) electrons. The first kappa shape index (κ1) is 18.7. The highest BCUT2D eigenvalue weighted by Crippen LogP contribution is 2.47. The van der Waals surface area contributed by atoms with Crippen molar-refractivity contribution in [1.82, 2.24) is 10.9 Å². The molecule has 2 aromatic carbocycles. The van der Waals surface area contributed by atoms with Crippen molar-refractivity contribution >= 4 is 11.8 Å². The summed E-state index contributed by atoms with van der Waals surface area (Å²) >= 11 is 0. The molecule has 0 aliphatic heterocycles. The van der Waals surface area contributed by atoms with Crippen LogP contribution in [0.1, 0.15) is 24.8 Å². The minimum Gasteiger partial charge on any atom is -0.490 e. The van der Waals surface area contributed by atoms with Gasteiger partial charge in [-0.1, -0.05) is 24.3 Å². The van der Waals surface area contributed by atoms with Crippen LogP contribution in [-0.4, -0.2) is 25.0 Å². The molecule has 6 nitrogen and oxygen atoms in total. The average Bonchev–Trinajstić information content (AvgIpc) is 3.47. The average molecular weight is 372 g/mol. The van der Waals surface area contributed by atoms with Crippen LogP contribution in [0.15, 0.2) is 48.5 Å². The summed E-state index contributed by atoms with van der Waals surface area (Å²) in [5.41, 5.74) is 5.67. The Labute approximate surface area is 156 Å². The standard InChI is InChI=1S/C20H21FN2O4/c1-2-26-17-5-3-4-6-18(17)27-12-19(24)22-23-20(25)16-11-15(16)13-7-9-14(21)10-8-13/h3-10,15-16H,2,11-12H2,1H3,(H,22,24)(H,23,25). The van der Waals surface area contributed by atoms with Crippen LogP contribution in [0.3, 0.4) is 0 Å². The summed E-state index contributed by atoms with van der Waals surface area (Å²) in [5, 5.41) is 0. The quantitative estimate of drug-likeness (QED) is 0.733. The van der Waals surface area contributed by atoms with Gasteiger partial charge < -0.3 is 9.47 Å². The highest BCUT2D eigenvalue weighted by atomic mass is 19.1. The third-order valence-electron chi connectivity index (χ3n) is 4.26. The number of para-hydroxylation sites is 2. The normalized spacial score (nSPS) is 17.7. The first-order valence-corrected chi connectivity index (χ1v) is 8.77. The first-order chi connectivity index (χ1) is 13.1. The van der Waals surface area contributed by atoms with Crippen molar-refractivity contribution in [1.29, 1.82) is 0 Å². The molecular formula is C20H21FN2O4. The number of benzene rings is 2. The maximum atomic E-state index is 13.0. The fourth-order valence-corrected chi connectivity index (χ4v) is 2.81. The Hall–Kier alpha value is -3.09. The van der Waals surface area contributed by atoms with E-state index in [1.165, 1.54) is 12.1 Å². The molecule has 1 fully saturated rings. The van der Waals surface area contributed by atoms with E-state index in [9.17, 15) is 14.0 Å². The monoisotopic (exact) mass is 372 g/mol. The number of hydrogen-bond acceptors (Lipinski definition) is 4. The van der Waals surface area contributed by atoms with Gasteiger partial charge in [-0.05, 0) is 49.1 Å². The largest absolute Gasteiger partial charge is 0.490 e. The summed E-state index contributed by atoms with van der Waals surface area (Å²) in [6.07, 6.45) is 0.672. The summed E-state index contributed by atoms with van der Waals surface area (Å²) in [6, 6.07) is 13.1. The molecule has 3 rings (SSSR count). The second-order valence-corrected chi connectivity index (χ2v) is 6.21. The number of nitrogens with one attached hydrogen (secondary N) is 2. The molecule has 2 N–H and O–H groups in total. The van der Waals surface area contributed by atoms with Gasteiger partial charge in [0.1, 0.15) is 5.82 Å². The molecule has 2 amide bonds. The van der Waals surface area contributed by atoms with E-state index < -0.39 is 5.91 Å². The minimum absolute atomic E-state index is 0.0526. The van der Waals surface area contributed by atoms with Gasteiger partial charge in [0.2, 0.25) is 5.91 Å². The molecule has 0 heterocycles. The first-order valence-electron chi connectivity index (χ1n) is 8.77. The van der Waals surface area contributed by atoms with Gasteiger partial charge in [-0.2, -0.15) is 0 Å². The second-order valence-electron chi connectivity index (χ2n) is 6.21. The maximum absolute atomic E-state index is 13.0. The summed E-state index contributed by atoms with van der Waals surface area (Å²) < 4.78 is 23.8. The van der Waals surface area contributed by atoms with Crippen molar-refractivity contribution in [3.63, 3.8) is 0 Å². The lowest BCUT2D eigenvalue weighted by Gasteiger charge is -2.12. The van der Waals surface area contributed by atoms with Crippen LogP contribution in [-0.2, 0) is 9.59 Å². The number of amides is 2. The number of rotatable bonds is 7. The Bertz CT molecular complexity index is 810. The lowest BCUT2D eigenvalue weighted by Crippen LogP contribution is -2.44. The topological polar surface area (TPSA) is 76.7 Å². The van der Waals surface area contributed by atoms with Crippen LogP contribution < -0.4 is 20.3 Å². The van der Waals surface area contributed by atoms with E-state index in [1.54, 1.807) is 30.3 Å². The molecule has 1 saturated carbocycles. The smallest absolute Gasteiger partial charge is 0.276 e. The number of carbonyl (C=O) groups excluding carboxylic acids is 2. The number of hydrogen-bond donors (Lipinski definition) is 2. The molecule has 2 aromatic rings. The molecule has 2 unspecified atom stereocenters. The Morgan fingerprint density at radius 1 is 1.04 bits per heavy atom. The Balaban J connectivity index is 1.42. The maximum Gasteiger partial charge on any atom is 0.276 e. The molecule has 0 aromatic heterocycles. The van der Waals surface area contributed by atoms with Gasteiger partial charge in [-0.3, -0.25) is 20.4 Å². The van der Waals surface area contributed by atoms with Gasteiger partial charge in [0.05, 0.1) is 6.61 Å². The Morgan fingerprint density at radius 2 is 1.70 bits per heavy atom. The predicted octanol–water partition coefficient (Wildman–Crippen LogP) is 2.55. The van der Waals surface area contributed by atoms with Gasteiger partial charge in [0.15, 0.2) is 18.1 Å². The van der Waals surface area contributed by atoms with E-state index in [4.69, 9.17) is 9.47 Å². The van der Waals surface area contributed by atoms with Crippen LogP contribution in [0.5, 0.6) is 11.5 Å². The highest BCUT2D eigenvalue weighted by Gasteiger charge is 2.44. The molecule has 27 heavy (non-hydrogen) atoms. The van der Waals surface area contributed by atoms with Gasteiger partial charge in [-0.25, -0.2) is 4.39 Å². The lowest BCUT2D eigenvalue weighted by molar-refractivity contribution is -0.130. The molecule has 0 bridgehead atoms. The third-order valence-corrected chi connectivity index (χ3v) is 4.26. The van der Waals surface area contributed by atoms with Crippen LogP contribution in [0, 0.1) is 11.7 Å². The van der Waals surface area contributed by atoms with E-state index in [1.807, 2.05) is 13.0 Å². The van der Waals surface area contributed by atoms with Crippen LogP contribution >= 0.6 is 0 Å². The van der Waals surface area contributed by atoms with E-state index in [0.29, 0.717) is 24.5 Å².